The Morgan fingerprint density at radius 1 is 0.926 bits per heavy atom. The first-order valence-corrected chi connectivity index (χ1v) is 10.1. The largest absolute Gasteiger partial charge is 0.457 e. The first kappa shape index (κ1) is 17.7. The van der Waals surface area contributed by atoms with E-state index in [2.05, 4.69) is 6.07 Å². The summed E-state index contributed by atoms with van der Waals surface area (Å²) < 4.78 is 5.96. The molecule has 1 atom stereocenters. The van der Waals surface area contributed by atoms with Crippen LogP contribution in [0.4, 0.5) is 0 Å². The van der Waals surface area contributed by atoms with Gasteiger partial charge in [-0.05, 0) is 35.4 Å². The molecule has 1 saturated heterocycles. The van der Waals surface area contributed by atoms with Gasteiger partial charge in [-0.25, -0.2) is 0 Å². The molecule has 1 amide bonds. The van der Waals surface area contributed by atoms with E-state index in [1.807, 2.05) is 83.8 Å². The van der Waals surface area contributed by atoms with Crippen LogP contribution in [0.15, 0.2) is 84.9 Å². The van der Waals surface area contributed by atoms with Crippen LogP contribution in [-0.4, -0.2) is 23.1 Å². The Bertz CT molecular complexity index is 899. The van der Waals surface area contributed by atoms with Gasteiger partial charge in [-0.2, -0.15) is 0 Å². The van der Waals surface area contributed by atoms with Crippen molar-refractivity contribution in [2.45, 2.75) is 11.8 Å². The summed E-state index contributed by atoms with van der Waals surface area (Å²) in [4.78, 5) is 14.8. The summed E-state index contributed by atoms with van der Waals surface area (Å²) in [5, 5.41) is 0.0422. The highest BCUT2D eigenvalue weighted by atomic mass is 32.2. The van der Waals surface area contributed by atoms with Gasteiger partial charge in [0.2, 0.25) is 5.91 Å². The number of para-hydroxylation sites is 1. The van der Waals surface area contributed by atoms with Crippen molar-refractivity contribution >= 4 is 17.7 Å². The fourth-order valence-electron chi connectivity index (χ4n) is 3.23. The van der Waals surface area contributed by atoms with E-state index < -0.39 is 0 Å². The number of hydrogen-bond acceptors (Lipinski definition) is 3. The van der Waals surface area contributed by atoms with Gasteiger partial charge in [-0.15, -0.1) is 11.8 Å². The minimum absolute atomic E-state index is 0.0422. The van der Waals surface area contributed by atoms with Gasteiger partial charge >= 0.3 is 0 Å². The number of carbonyl (C=O) groups is 1. The third-order valence-electron chi connectivity index (χ3n) is 4.53. The van der Waals surface area contributed by atoms with E-state index >= 15 is 0 Å². The molecule has 27 heavy (non-hydrogen) atoms. The lowest BCUT2D eigenvalue weighted by molar-refractivity contribution is -0.130. The van der Waals surface area contributed by atoms with Crippen LogP contribution in [0.25, 0.3) is 0 Å². The maximum Gasteiger partial charge on any atom is 0.228 e. The lowest BCUT2D eigenvalue weighted by Crippen LogP contribution is -2.31. The molecule has 0 radical (unpaired) electrons. The van der Waals surface area contributed by atoms with Crippen molar-refractivity contribution in [3.8, 4) is 11.5 Å². The Morgan fingerprint density at radius 3 is 2.41 bits per heavy atom. The summed E-state index contributed by atoms with van der Waals surface area (Å²) in [5.74, 6) is 2.73. The van der Waals surface area contributed by atoms with Gasteiger partial charge in [0.1, 0.15) is 16.9 Å². The average molecular weight is 375 g/mol. The molecule has 1 unspecified atom stereocenters. The lowest BCUT2D eigenvalue weighted by Gasteiger charge is -2.24. The molecule has 0 aliphatic carbocycles. The zero-order valence-electron chi connectivity index (χ0n) is 15.0. The second-order valence-electron chi connectivity index (χ2n) is 6.46. The molecule has 136 valence electrons. The highest BCUT2D eigenvalue weighted by Gasteiger charge is 2.30. The molecule has 1 heterocycles. The maximum atomic E-state index is 12.9. The van der Waals surface area contributed by atoms with Gasteiger partial charge in [0.15, 0.2) is 0 Å². The normalized spacial score (nSPS) is 16.3. The van der Waals surface area contributed by atoms with E-state index in [-0.39, 0.29) is 11.3 Å². The number of ether oxygens (including phenoxy) is 1. The van der Waals surface area contributed by atoms with Crippen molar-refractivity contribution in [3.05, 3.63) is 96.1 Å². The summed E-state index contributed by atoms with van der Waals surface area (Å²) in [6.07, 6.45) is 0.443. The van der Waals surface area contributed by atoms with Gasteiger partial charge in [0.25, 0.3) is 0 Å². The standard InChI is InChI=1S/C23H21NO2S/c25-22(16-18-8-3-1-4-9-18)24-14-15-27-23(24)19-10-7-13-21(17-19)26-20-11-5-2-6-12-20/h1-13,17,23H,14-16H2. The van der Waals surface area contributed by atoms with Crippen LogP contribution in [0, 0.1) is 0 Å². The molecular formula is C23H21NO2S. The van der Waals surface area contributed by atoms with Gasteiger partial charge < -0.3 is 9.64 Å². The average Bonchev–Trinajstić information content (AvgIpc) is 3.20. The van der Waals surface area contributed by atoms with E-state index in [1.54, 1.807) is 11.8 Å². The van der Waals surface area contributed by atoms with Crippen LogP contribution in [0.3, 0.4) is 0 Å². The smallest absolute Gasteiger partial charge is 0.228 e. The van der Waals surface area contributed by atoms with Crippen LogP contribution in [0.5, 0.6) is 11.5 Å². The molecule has 0 saturated carbocycles. The lowest BCUT2D eigenvalue weighted by atomic mass is 10.1. The molecule has 1 aliphatic heterocycles. The highest BCUT2D eigenvalue weighted by molar-refractivity contribution is 7.99. The second-order valence-corrected chi connectivity index (χ2v) is 7.65. The highest BCUT2D eigenvalue weighted by Crippen LogP contribution is 2.39. The zero-order valence-corrected chi connectivity index (χ0v) is 15.8. The summed E-state index contributed by atoms with van der Waals surface area (Å²) in [5.41, 5.74) is 2.16. The van der Waals surface area contributed by atoms with Crippen LogP contribution in [0.1, 0.15) is 16.5 Å². The monoisotopic (exact) mass is 375 g/mol. The van der Waals surface area contributed by atoms with Crippen molar-refractivity contribution < 1.29 is 9.53 Å². The van der Waals surface area contributed by atoms with Crippen LogP contribution in [-0.2, 0) is 11.2 Å². The molecule has 3 aromatic carbocycles. The summed E-state index contributed by atoms with van der Waals surface area (Å²) in [6, 6.07) is 27.7. The fraction of sp³-hybridized carbons (Fsp3) is 0.174. The predicted octanol–water partition coefficient (Wildman–Crippen LogP) is 5.30. The first-order valence-electron chi connectivity index (χ1n) is 9.07. The van der Waals surface area contributed by atoms with Crippen LogP contribution in [0.2, 0.25) is 0 Å². The maximum absolute atomic E-state index is 12.9. The molecule has 1 fully saturated rings. The third-order valence-corrected chi connectivity index (χ3v) is 5.79. The van der Waals surface area contributed by atoms with E-state index in [4.69, 9.17) is 4.74 Å². The molecule has 3 nitrogen and oxygen atoms in total. The molecular weight excluding hydrogens is 354 g/mol. The van der Waals surface area contributed by atoms with Crippen LogP contribution >= 0.6 is 11.8 Å². The number of carbonyl (C=O) groups excluding carboxylic acids is 1. The quantitative estimate of drug-likeness (QED) is 0.606. The van der Waals surface area contributed by atoms with E-state index in [0.717, 1.165) is 34.9 Å². The molecule has 4 heteroatoms. The SMILES string of the molecule is O=C(Cc1ccccc1)N1CCSC1c1cccc(Oc2ccccc2)c1. The Morgan fingerprint density at radius 2 is 1.63 bits per heavy atom. The number of amides is 1. The summed E-state index contributed by atoms with van der Waals surface area (Å²) in [7, 11) is 0. The topological polar surface area (TPSA) is 29.5 Å². The molecule has 0 spiro atoms. The Kier molecular flexibility index (Phi) is 5.45. The van der Waals surface area contributed by atoms with E-state index in [1.165, 1.54) is 0 Å². The van der Waals surface area contributed by atoms with E-state index in [9.17, 15) is 4.79 Å². The molecule has 1 aliphatic rings. The predicted molar refractivity (Wildman–Crippen MR) is 110 cm³/mol. The summed E-state index contributed by atoms with van der Waals surface area (Å²) in [6.45, 7) is 0.783. The number of hydrogen-bond donors (Lipinski definition) is 0. The van der Waals surface area contributed by atoms with Gasteiger partial charge in [-0.3, -0.25) is 4.79 Å². The summed E-state index contributed by atoms with van der Waals surface area (Å²) >= 11 is 1.81. The van der Waals surface area contributed by atoms with Gasteiger partial charge in [0, 0.05) is 12.3 Å². The van der Waals surface area contributed by atoms with Crippen molar-refractivity contribution in [2.75, 3.05) is 12.3 Å². The van der Waals surface area contributed by atoms with Crippen molar-refractivity contribution in [1.29, 1.82) is 0 Å². The first-order chi connectivity index (χ1) is 13.3. The molecule has 0 N–H and O–H groups in total. The Labute approximate surface area is 164 Å². The Balaban J connectivity index is 1.50. The Hall–Kier alpha value is -2.72. The second kappa shape index (κ2) is 8.31. The minimum atomic E-state index is 0.0422. The number of nitrogens with zero attached hydrogens (tertiary/aromatic N) is 1. The van der Waals surface area contributed by atoms with Gasteiger partial charge in [0.05, 0.1) is 6.42 Å². The van der Waals surface area contributed by atoms with Crippen molar-refractivity contribution in [1.82, 2.24) is 4.90 Å². The van der Waals surface area contributed by atoms with E-state index in [0.29, 0.717) is 6.42 Å². The van der Waals surface area contributed by atoms with Crippen molar-refractivity contribution in [3.63, 3.8) is 0 Å². The third kappa shape index (κ3) is 4.34. The number of benzene rings is 3. The van der Waals surface area contributed by atoms with Crippen LogP contribution < -0.4 is 4.74 Å². The van der Waals surface area contributed by atoms with Crippen molar-refractivity contribution in [2.24, 2.45) is 0 Å². The molecule has 0 aromatic heterocycles. The minimum Gasteiger partial charge on any atom is -0.457 e. The van der Waals surface area contributed by atoms with Gasteiger partial charge in [-0.1, -0.05) is 60.7 Å². The molecule has 3 aromatic rings. The molecule has 0 bridgehead atoms. The zero-order chi connectivity index (χ0) is 18.5. The number of rotatable bonds is 5. The fourth-order valence-corrected chi connectivity index (χ4v) is 4.50. The molecule has 4 rings (SSSR count). The number of thioether (sulfide) groups is 1.